The van der Waals surface area contributed by atoms with Gasteiger partial charge in [0, 0.05) is 12.7 Å². The van der Waals surface area contributed by atoms with Crippen LogP contribution in [0.25, 0.3) is 6.08 Å². The van der Waals surface area contributed by atoms with E-state index in [0.29, 0.717) is 12.5 Å². The third-order valence-electron chi connectivity index (χ3n) is 5.15. The first-order valence-electron chi connectivity index (χ1n) is 10.4. The third kappa shape index (κ3) is 6.41. The maximum absolute atomic E-state index is 10.8. The van der Waals surface area contributed by atoms with Crippen molar-refractivity contribution in [3.05, 3.63) is 101 Å². The minimum Gasteiger partial charge on any atom is -0.480 e. The highest BCUT2D eigenvalue weighted by atomic mass is 16.5. The predicted molar refractivity (Wildman–Crippen MR) is 122 cm³/mol. The van der Waals surface area contributed by atoms with Crippen LogP contribution >= 0.6 is 0 Å². The van der Waals surface area contributed by atoms with E-state index >= 15 is 0 Å². The number of rotatable bonds is 10. The Morgan fingerprint density at radius 1 is 1.03 bits per heavy atom. The van der Waals surface area contributed by atoms with Crippen LogP contribution in [0.15, 0.2) is 72.9 Å². The van der Waals surface area contributed by atoms with Crippen molar-refractivity contribution in [3.8, 4) is 0 Å². The Kier molecular flexibility index (Phi) is 7.82. The molecular weight excluding hydrogens is 390 g/mol. The van der Waals surface area contributed by atoms with Crippen LogP contribution in [0.2, 0.25) is 0 Å². The Bertz CT molecular complexity index is 1000. The van der Waals surface area contributed by atoms with Crippen molar-refractivity contribution in [3.63, 3.8) is 0 Å². The quantitative estimate of drug-likeness (QED) is 0.485. The second-order valence-electron chi connectivity index (χ2n) is 7.84. The normalized spacial score (nSPS) is 12.5. The molecule has 0 radical (unpaired) electrons. The summed E-state index contributed by atoms with van der Waals surface area (Å²) in [5.41, 5.74) is 4.97. The molecule has 2 aromatic carbocycles. The molecule has 1 unspecified atom stereocenters. The molecule has 1 aromatic heterocycles. The second kappa shape index (κ2) is 10.8. The first-order valence-corrected chi connectivity index (χ1v) is 10.4. The number of hydrogen-bond donors (Lipinski definition) is 2. The molecule has 5 nitrogen and oxygen atoms in total. The minimum absolute atomic E-state index is 0.277. The second-order valence-corrected chi connectivity index (χ2v) is 7.84. The van der Waals surface area contributed by atoms with Crippen molar-refractivity contribution in [1.82, 2.24) is 4.57 Å². The summed E-state index contributed by atoms with van der Waals surface area (Å²) in [4.78, 5) is 10.5. The molecular formula is C26H29NO4. The zero-order valence-corrected chi connectivity index (χ0v) is 17.9. The Morgan fingerprint density at radius 3 is 2.35 bits per heavy atom. The molecule has 31 heavy (non-hydrogen) atoms. The Hall–Kier alpha value is -3.15. The highest BCUT2D eigenvalue weighted by molar-refractivity contribution is 5.68. The lowest BCUT2D eigenvalue weighted by atomic mass is 9.99. The van der Waals surface area contributed by atoms with Gasteiger partial charge in [-0.2, -0.15) is 0 Å². The van der Waals surface area contributed by atoms with Gasteiger partial charge in [0.15, 0.2) is 0 Å². The summed E-state index contributed by atoms with van der Waals surface area (Å²) in [5.74, 6) is -0.506. The molecule has 1 atom stereocenters. The highest BCUT2D eigenvalue weighted by Crippen LogP contribution is 2.24. The van der Waals surface area contributed by atoms with E-state index in [1.165, 1.54) is 5.56 Å². The van der Waals surface area contributed by atoms with Crippen LogP contribution in [-0.2, 0) is 22.7 Å². The Labute approximate surface area is 183 Å². The average molecular weight is 420 g/mol. The maximum atomic E-state index is 10.8. The van der Waals surface area contributed by atoms with E-state index in [9.17, 15) is 9.90 Å². The molecule has 0 saturated heterocycles. The number of carboxylic acid groups (broad SMARTS) is 1. The molecule has 0 amide bonds. The fourth-order valence-corrected chi connectivity index (χ4v) is 3.36. The van der Waals surface area contributed by atoms with Gasteiger partial charge < -0.3 is 19.5 Å². The fourth-order valence-electron chi connectivity index (χ4n) is 3.36. The number of hydrogen-bond acceptors (Lipinski definition) is 3. The van der Waals surface area contributed by atoms with E-state index in [1.807, 2.05) is 71.4 Å². The Balaban J connectivity index is 1.60. The van der Waals surface area contributed by atoms with Crippen LogP contribution in [0.5, 0.6) is 0 Å². The van der Waals surface area contributed by atoms with Crippen molar-refractivity contribution in [2.24, 2.45) is 0 Å². The fraction of sp³-hybridized carbons (Fsp3) is 0.269. The molecule has 162 valence electrons. The monoisotopic (exact) mass is 419 g/mol. The number of benzene rings is 2. The van der Waals surface area contributed by atoms with Crippen molar-refractivity contribution in [2.45, 2.75) is 39.0 Å². The number of nitrogens with zero attached hydrogens (tertiary/aromatic N) is 1. The van der Waals surface area contributed by atoms with Crippen LogP contribution in [0.1, 0.15) is 53.8 Å². The number of aliphatic hydroxyl groups excluding tert-OH is 1. The van der Waals surface area contributed by atoms with Crippen LogP contribution in [0.3, 0.4) is 0 Å². The van der Waals surface area contributed by atoms with E-state index in [-0.39, 0.29) is 13.2 Å². The summed E-state index contributed by atoms with van der Waals surface area (Å²) in [6, 6.07) is 19.8. The first-order chi connectivity index (χ1) is 14.9. The molecule has 0 saturated carbocycles. The number of ether oxygens (including phenoxy) is 1. The third-order valence-corrected chi connectivity index (χ3v) is 5.15. The summed E-state index contributed by atoms with van der Waals surface area (Å²) >= 11 is 0. The van der Waals surface area contributed by atoms with Gasteiger partial charge in [-0.05, 0) is 40.3 Å². The van der Waals surface area contributed by atoms with E-state index in [0.717, 1.165) is 22.4 Å². The standard InChI is InChI=1S/C26H29NO4/c1-19(2)22-11-13-23(14-12-22)26(30)24-6-4-16-27(24)15-3-5-20-7-9-21(10-8-20)17-31-18-25(28)29/h3-14,16,19,26,30H,15,17-18H2,1-2H3,(H,28,29)/b5-3+. The van der Waals surface area contributed by atoms with Crippen LogP contribution in [0, 0.1) is 0 Å². The van der Waals surface area contributed by atoms with Crippen molar-refractivity contribution < 1.29 is 19.7 Å². The molecule has 3 aromatic rings. The molecule has 1 heterocycles. The summed E-state index contributed by atoms with van der Waals surface area (Å²) in [6.07, 6.45) is 5.37. The minimum atomic E-state index is -0.971. The Morgan fingerprint density at radius 2 is 1.71 bits per heavy atom. The number of carboxylic acids is 1. The molecule has 3 rings (SSSR count). The molecule has 5 heteroatoms. The van der Waals surface area contributed by atoms with Crippen molar-refractivity contribution in [1.29, 1.82) is 0 Å². The molecule has 0 fully saturated rings. The maximum Gasteiger partial charge on any atom is 0.329 e. The van der Waals surface area contributed by atoms with Gasteiger partial charge in [-0.25, -0.2) is 4.79 Å². The lowest BCUT2D eigenvalue weighted by Gasteiger charge is -2.15. The zero-order chi connectivity index (χ0) is 22.2. The van der Waals surface area contributed by atoms with Gasteiger partial charge in [0.1, 0.15) is 12.7 Å². The lowest BCUT2D eigenvalue weighted by Crippen LogP contribution is -2.07. The smallest absolute Gasteiger partial charge is 0.329 e. The SMILES string of the molecule is CC(C)c1ccc(C(O)c2cccn2C/C=C/c2ccc(COCC(=O)O)cc2)cc1. The predicted octanol–water partition coefficient (Wildman–Crippen LogP) is 5.01. The number of aliphatic carboxylic acids is 1. The van der Waals surface area contributed by atoms with Crippen LogP contribution in [0.4, 0.5) is 0 Å². The largest absolute Gasteiger partial charge is 0.480 e. The van der Waals surface area contributed by atoms with E-state index < -0.39 is 12.1 Å². The number of aliphatic hydroxyl groups is 1. The van der Waals surface area contributed by atoms with Gasteiger partial charge in [0.05, 0.1) is 12.3 Å². The number of aromatic nitrogens is 1. The van der Waals surface area contributed by atoms with E-state index in [4.69, 9.17) is 9.84 Å². The molecule has 0 aliphatic carbocycles. The van der Waals surface area contributed by atoms with Crippen LogP contribution in [-0.4, -0.2) is 27.4 Å². The van der Waals surface area contributed by atoms with Crippen molar-refractivity contribution in [2.75, 3.05) is 6.61 Å². The summed E-state index contributed by atoms with van der Waals surface area (Å²) in [6.45, 7) is 4.94. The number of carbonyl (C=O) groups is 1. The lowest BCUT2D eigenvalue weighted by molar-refractivity contribution is -0.142. The summed E-state index contributed by atoms with van der Waals surface area (Å²) in [5, 5.41) is 19.5. The van der Waals surface area contributed by atoms with Crippen LogP contribution < -0.4 is 0 Å². The first kappa shape index (κ1) is 22.5. The van der Waals surface area contributed by atoms with E-state index in [1.54, 1.807) is 0 Å². The van der Waals surface area contributed by atoms with Gasteiger partial charge in [0.25, 0.3) is 0 Å². The molecule has 2 N–H and O–H groups in total. The van der Waals surface area contributed by atoms with Gasteiger partial charge in [0.2, 0.25) is 0 Å². The van der Waals surface area contributed by atoms with Gasteiger partial charge in [-0.15, -0.1) is 0 Å². The van der Waals surface area contributed by atoms with Gasteiger partial charge in [-0.1, -0.05) is 74.5 Å². The van der Waals surface area contributed by atoms with E-state index in [2.05, 4.69) is 26.0 Å². The number of allylic oxidation sites excluding steroid dienone is 1. The van der Waals surface area contributed by atoms with Gasteiger partial charge in [-0.3, -0.25) is 0 Å². The zero-order valence-electron chi connectivity index (χ0n) is 17.9. The molecule has 0 bridgehead atoms. The highest BCUT2D eigenvalue weighted by Gasteiger charge is 2.14. The topological polar surface area (TPSA) is 71.7 Å². The van der Waals surface area contributed by atoms with Gasteiger partial charge >= 0.3 is 5.97 Å². The molecule has 0 spiro atoms. The molecule has 0 aliphatic heterocycles. The summed E-state index contributed by atoms with van der Waals surface area (Å²) < 4.78 is 7.13. The average Bonchev–Trinajstić information content (AvgIpc) is 3.22. The van der Waals surface area contributed by atoms with Crippen molar-refractivity contribution >= 4 is 12.0 Å². The molecule has 0 aliphatic rings. The summed E-state index contributed by atoms with van der Waals surface area (Å²) in [7, 11) is 0.